The van der Waals surface area contributed by atoms with Crippen LogP contribution < -0.4 is 15.4 Å². The van der Waals surface area contributed by atoms with Crippen molar-refractivity contribution >= 4 is 38.3 Å². The molecule has 1 atom stereocenters. The molecule has 3 aromatic carbocycles. The first kappa shape index (κ1) is 22.5. The fourth-order valence-electron chi connectivity index (χ4n) is 3.16. The largest absolute Gasteiger partial charge is 0.355 e. The third kappa shape index (κ3) is 5.28. The Hall–Kier alpha value is -3.23. The molecule has 0 saturated heterocycles. The van der Waals surface area contributed by atoms with Gasteiger partial charge in [0.25, 0.3) is 5.91 Å². The minimum atomic E-state index is -3.93. The van der Waals surface area contributed by atoms with Crippen LogP contribution in [0.1, 0.15) is 24.2 Å². The van der Waals surface area contributed by atoms with Crippen molar-refractivity contribution in [1.29, 1.82) is 0 Å². The molecule has 0 aliphatic heterocycles. The summed E-state index contributed by atoms with van der Waals surface area (Å²) in [7, 11) is -2.42. The summed E-state index contributed by atoms with van der Waals surface area (Å²) in [6.07, 6.45) is 0. The van der Waals surface area contributed by atoms with E-state index in [4.69, 9.17) is 0 Å². The Morgan fingerprint density at radius 1 is 0.871 bits per heavy atom. The van der Waals surface area contributed by atoms with E-state index < -0.39 is 22.0 Å². The van der Waals surface area contributed by atoms with Crippen LogP contribution >= 0.6 is 0 Å². The number of sulfonamides is 1. The normalized spacial score (nSPS) is 12.5. The minimum absolute atomic E-state index is 0.0891. The fraction of sp³-hybridized carbons (Fsp3) is 0.217. The van der Waals surface area contributed by atoms with Crippen LogP contribution in [0.5, 0.6) is 0 Å². The molecule has 0 fully saturated rings. The highest BCUT2D eigenvalue weighted by Gasteiger charge is 2.28. The van der Waals surface area contributed by atoms with E-state index in [9.17, 15) is 18.0 Å². The van der Waals surface area contributed by atoms with Gasteiger partial charge in [-0.25, -0.2) is 8.42 Å². The van der Waals surface area contributed by atoms with Gasteiger partial charge in [-0.3, -0.25) is 9.59 Å². The number of anilines is 1. The van der Waals surface area contributed by atoms with Gasteiger partial charge in [0.1, 0.15) is 6.04 Å². The SMILES string of the molecule is CNC(=O)c1cccc(NC(=O)C(NS(=O)(=O)c2ccc3ccccc3c2)C(C)C)c1. The van der Waals surface area contributed by atoms with Gasteiger partial charge < -0.3 is 10.6 Å². The Balaban J connectivity index is 1.82. The first-order valence-corrected chi connectivity index (χ1v) is 11.3. The van der Waals surface area contributed by atoms with Gasteiger partial charge >= 0.3 is 0 Å². The molecular weight excluding hydrogens is 414 g/mol. The summed E-state index contributed by atoms with van der Waals surface area (Å²) in [6, 6.07) is 17.7. The first-order chi connectivity index (χ1) is 14.7. The standard InChI is InChI=1S/C23H25N3O4S/c1-15(2)21(23(28)25-19-10-6-9-18(13-19)22(27)24-3)26-31(29,30)20-12-11-16-7-4-5-8-17(16)14-20/h4-15,21,26H,1-3H3,(H,24,27)(H,25,28). The lowest BCUT2D eigenvalue weighted by Gasteiger charge is -2.22. The van der Waals surface area contributed by atoms with Crippen molar-refractivity contribution in [1.82, 2.24) is 10.0 Å². The Morgan fingerprint density at radius 2 is 1.58 bits per heavy atom. The summed E-state index contributed by atoms with van der Waals surface area (Å²) in [5.41, 5.74) is 0.791. The monoisotopic (exact) mass is 439 g/mol. The molecule has 31 heavy (non-hydrogen) atoms. The maximum absolute atomic E-state index is 13.0. The zero-order chi connectivity index (χ0) is 22.6. The average Bonchev–Trinajstić information content (AvgIpc) is 2.76. The van der Waals surface area contributed by atoms with Gasteiger partial charge in [-0.2, -0.15) is 4.72 Å². The van der Waals surface area contributed by atoms with Crippen LogP contribution in [0.25, 0.3) is 10.8 Å². The molecule has 0 saturated carbocycles. The molecule has 8 heteroatoms. The second-order valence-electron chi connectivity index (χ2n) is 7.50. The van der Waals surface area contributed by atoms with Crippen LogP contribution in [0.3, 0.4) is 0 Å². The summed E-state index contributed by atoms with van der Waals surface area (Å²) in [5, 5.41) is 6.94. The molecule has 7 nitrogen and oxygen atoms in total. The predicted molar refractivity (Wildman–Crippen MR) is 121 cm³/mol. The van der Waals surface area contributed by atoms with E-state index in [-0.39, 0.29) is 16.7 Å². The average molecular weight is 440 g/mol. The topological polar surface area (TPSA) is 104 Å². The molecule has 1 unspecified atom stereocenters. The van der Waals surface area contributed by atoms with E-state index in [0.29, 0.717) is 11.3 Å². The lowest BCUT2D eigenvalue weighted by molar-refractivity contribution is -0.118. The van der Waals surface area contributed by atoms with Crippen molar-refractivity contribution in [2.45, 2.75) is 24.8 Å². The van der Waals surface area contributed by atoms with Crippen molar-refractivity contribution < 1.29 is 18.0 Å². The quantitative estimate of drug-likeness (QED) is 0.526. The van der Waals surface area contributed by atoms with Crippen molar-refractivity contribution in [3.05, 3.63) is 72.3 Å². The van der Waals surface area contributed by atoms with E-state index in [1.165, 1.54) is 19.2 Å². The summed E-state index contributed by atoms with van der Waals surface area (Å²) in [6.45, 7) is 3.52. The number of carbonyl (C=O) groups is 2. The van der Waals surface area contributed by atoms with Crippen molar-refractivity contribution in [2.75, 3.05) is 12.4 Å². The second-order valence-corrected chi connectivity index (χ2v) is 9.22. The Labute approximate surface area is 181 Å². The fourth-order valence-corrected chi connectivity index (χ4v) is 4.54. The predicted octanol–water partition coefficient (Wildman–Crippen LogP) is 3.14. The molecule has 0 spiro atoms. The van der Waals surface area contributed by atoms with Crippen molar-refractivity contribution in [3.8, 4) is 0 Å². The van der Waals surface area contributed by atoms with Crippen LogP contribution in [0.4, 0.5) is 5.69 Å². The molecule has 3 rings (SSSR count). The van der Waals surface area contributed by atoms with Gasteiger partial charge in [-0.15, -0.1) is 0 Å². The first-order valence-electron chi connectivity index (χ1n) is 9.85. The van der Waals surface area contributed by atoms with E-state index in [2.05, 4.69) is 15.4 Å². The van der Waals surface area contributed by atoms with E-state index in [1.807, 2.05) is 24.3 Å². The van der Waals surface area contributed by atoms with Gasteiger partial charge in [0.2, 0.25) is 15.9 Å². The molecular formula is C23H25N3O4S. The van der Waals surface area contributed by atoms with Crippen LogP contribution in [-0.4, -0.2) is 33.3 Å². The van der Waals surface area contributed by atoms with Crippen LogP contribution in [0.15, 0.2) is 71.6 Å². The Morgan fingerprint density at radius 3 is 2.26 bits per heavy atom. The number of amides is 2. The zero-order valence-corrected chi connectivity index (χ0v) is 18.4. The van der Waals surface area contributed by atoms with Crippen molar-refractivity contribution in [2.24, 2.45) is 5.92 Å². The number of carbonyl (C=O) groups excluding carboxylic acids is 2. The molecule has 0 bridgehead atoms. The van der Waals surface area contributed by atoms with Gasteiger partial charge in [0, 0.05) is 18.3 Å². The molecule has 3 aromatic rings. The number of hydrogen-bond acceptors (Lipinski definition) is 4. The second kappa shape index (κ2) is 9.28. The van der Waals surface area contributed by atoms with Gasteiger partial charge in [0.05, 0.1) is 4.90 Å². The molecule has 0 aliphatic carbocycles. The third-order valence-electron chi connectivity index (χ3n) is 4.88. The van der Waals surface area contributed by atoms with E-state index in [0.717, 1.165) is 10.8 Å². The molecule has 0 radical (unpaired) electrons. The number of nitrogens with one attached hydrogen (secondary N) is 3. The maximum atomic E-state index is 13.0. The minimum Gasteiger partial charge on any atom is -0.355 e. The number of benzene rings is 3. The maximum Gasteiger partial charge on any atom is 0.251 e. The lowest BCUT2D eigenvalue weighted by atomic mass is 10.0. The van der Waals surface area contributed by atoms with E-state index in [1.54, 1.807) is 44.2 Å². The molecule has 2 amide bonds. The lowest BCUT2D eigenvalue weighted by Crippen LogP contribution is -2.47. The van der Waals surface area contributed by atoms with Gasteiger partial charge in [-0.1, -0.05) is 50.2 Å². The Bertz CT molecular complexity index is 1220. The number of hydrogen-bond donors (Lipinski definition) is 3. The van der Waals surface area contributed by atoms with Crippen LogP contribution in [0, 0.1) is 5.92 Å². The number of fused-ring (bicyclic) bond motifs is 1. The molecule has 0 aliphatic rings. The molecule has 0 aromatic heterocycles. The smallest absolute Gasteiger partial charge is 0.251 e. The third-order valence-corrected chi connectivity index (χ3v) is 6.32. The summed E-state index contributed by atoms with van der Waals surface area (Å²) in [5.74, 6) is -1.10. The summed E-state index contributed by atoms with van der Waals surface area (Å²) in [4.78, 5) is 24.8. The Kier molecular flexibility index (Phi) is 6.72. The van der Waals surface area contributed by atoms with Gasteiger partial charge in [-0.05, 0) is 47.0 Å². The van der Waals surface area contributed by atoms with Crippen LogP contribution in [0.2, 0.25) is 0 Å². The van der Waals surface area contributed by atoms with Gasteiger partial charge in [0.15, 0.2) is 0 Å². The summed E-state index contributed by atoms with van der Waals surface area (Å²) >= 11 is 0. The zero-order valence-electron chi connectivity index (χ0n) is 17.5. The highest BCUT2D eigenvalue weighted by molar-refractivity contribution is 7.89. The highest BCUT2D eigenvalue weighted by atomic mass is 32.2. The van der Waals surface area contributed by atoms with Crippen LogP contribution in [-0.2, 0) is 14.8 Å². The highest BCUT2D eigenvalue weighted by Crippen LogP contribution is 2.20. The molecule has 3 N–H and O–H groups in total. The van der Waals surface area contributed by atoms with E-state index >= 15 is 0 Å². The molecule has 162 valence electrons. The summed E-state index contributed by atoms with van der Waals surface area (Å²) < 4.78 is 28.5. The van der Waals surface area contributed by atoms with Crippen molar-refractivity contribution in [3.63, 3.8) is 0 Å². The number of rotatable bonds is 7. The molecule has 0 heterocycles.